The van der Waals surface area contributed by atoms with Gasteiger partial charge in [-0.15, -0.1) is 0 Å². The molecule has 3 heterocycles. The van der Waals surface area contributed by atoms with E-state index in [1.165, 1.54) is 0 Å². The van der Waals surface area contributed by atoms with E-state index in [4.69, 9.17) is 16.2 Å². The van der Waals surface area contributed by atoms with Crippen molar-refractivity contribution in [3.8, 4) is 0 Å². The molecule has 3 rings (SSSR count). The largest absolute Gasteiger partial charge is 0.396 e. The smallest absolute Gasteiger partial charge is 0.227 e. The molecule has 2 aliphatic rings. The molecule has 7 nitrogen and oxygen atoms in total. The van der Waals surface area contributed by atoms with E-state index in [0.29, 0.717) is 44.4 Å². The van der Waals surface area contributed by atoms with Crippen molar-refractivity contribution in [1.29, 1.82) is 0 Å². The van der Waals surface area contributed by atoms with E-state index in [0.717, 1.165) is 25.2 Å². The number of rotatable bonds is 2. The Kier molecular flexibility index (Phi) is 4.33. The molecule has 1 atom stereocenters. The van der Waals surface area contributed by atoms with Crippen molar-refractivity contribution < 1.29 is 9.53 Å². The summed E-state index contributed by atoms with van der Waals surface area (Å²) in [6.07, 6.45) is 1.91. The highest BCUT2D eigenvalue weighted by Gasteiger charge is 2.30. The van der Waals surface area contributed by atoms with Crippen molar-refractivity contribution in [1.82, 2.24) is 9.88 Å². The third kappa shape index (κ3) is 3.09. The maximum atomic E-state index is 12.6. The zero-order valence-corrected chi connectivity index (χ0v) is 12.7. The zero-order valence-electron chi connectivity index (χ0n) is 12.7. The molecule has 22 heavy (non-hydrogen) atoms. The van der Waals surface area contributed by atoms with Gasteiger partial charge in [-0.1, -0.05) is 0 Å². The molecular formula is C15H23N5O2. The van der Waals surface area contributed by atoms with Crippen molar-refractivity contribution >= 4 is 23.2 Å². The Morgan fingerprint density at radius 2 is 2.00 bits per heavy atom. The third-order valence-corrected chi connectivity index (χ3v) is 4.36. The van der Waals surface area contributed by atoms with Crippen LogP contribution in [-0.4, -0.2) is 55.2 Å². The molecule has 0 bridgehead atoms. The van der Waals surface area contributed by atoms with Gasteiger partial charge in [-0.3, -0.25) is 4.79 Å². The van der Waals surface area contributed by atoms with Crippen LogP contribution in [0.2, 0.25) is 0 Å². The number of nitrogens with zero attached hydrogens (tertiary/aromatic N) is 3. The molecule has 1 amide bonds. The molecule has 1 aromatic heterocycles. The molecule has 2 aliphatic heterocycles. The summed E-state index contributed by atoms with van der Waals surface area (Å²) in [5, 5.41) is 0. The molecule has 0 spiro atoms. The van der Waals surface area contributed by atoms with Crippen LogP contribution in [0.5, 0.6) is 0 Å². The first-order valence-electron chi connectivity index (χ1n) is 7.78. The minimum Gasteiger partial charge on any atom is -0.396 e. The number of anilines is 3. The van der Waals surface area contributed by atoms with Gasteiger partial charge in [-0.25, -0.2) is 4.98 Å². The number of morpholine rings is 1. The van der Waals surface area contributed by atoms with Gasteiger partial charge in [0.15, 0.2) is 0 Å². The number of hydrogen-bond acceptors (Lipinski definition) is 6. The summed E-state index contributed by atoms with van der Waals surface area (Å²) in [6, 6.07) is 3.64. The molecule has 0 radical (unpaired) electrons. The van der Waals surface area contributed by atoms with Gasteiger partial charge in [0.1, 0.15) is 11.6 Å². The van der Waals surface area contributed by atoms with Crippen molar-refractivity contribution in [3.63, 3.8) is 0 Å². The van der Waals surface area contributed by atoms with Crippen molar-refractivity contribution in [2.45, 2.75) is 12.8 Å². The minimum absolute atomic E-state index is 0.0208. The number of carbonyl (C=O) groups excluding carboxylic acids is 1. The van der Waals surface area contributed by atoms with Crippen LogP contribution in [-0.2, 0) is 9.53 Å². The van der Waals surface area contributed by atoms with Gasteiger partial charge in [0, 0.05) is 26.2 Å². The molecule has 0 saturated carbocycles. The first kappa shape index (κ1) is 14.9. The van der Waals surface area contributed by atoms with Gasteiger partial charge in [0.05, 0.1) is 24.8 Å². The SMILES string of the molecule is Nc1ccc(N2CCCC(C(=O)N3CCOCC3)C2)nc1N. The Labute approximate surface area is 130 Å². The lowest BCUT2D eigenvalue weighted by Gasteiger charge is -2.36. The lowest BCUT2D eigenvalue weighted by Crippen LogP contribution is -2.48. The number of hydrogen-bond donors (Lipinski definition) is 2. The van der Waals surface area contributed by atoms with E-state index in [9.17, 15) is 4.79 Å². The number of piperidine rings is 1. The molecular weight excluding hydrogens is 282 g/mol. The van der Waals surface area contributed by atoms with Crippen LogP contribution in [0.25, 0.3) is 0 Å². The highest BCUT2D eigenvalue weighted by molar-refractivity contribution is 5.80. The zero-order chi connectivity index (χ0) is 15.5. The van der Waals surface area contributed by atoms with E-state index in [1.54, 1.807) is 6.07 Å². The van der Waals surface area contributed by atoms with Crippen LogP contribution in [0, 0.1) is 5.92 Å². The van der Waals surface area contributed by atoms with Gasteiger partial charge in [0.2, 0.25) is 5.91 Å². The molecule has 2 saturated heterocycles. The molecule has 120 valence electrons. The van der Waals surface area contributed by atoms with Gasteiger partial charge in [-0.05, 0) is 25.0 Å². The van der Waals surface area contributed by atoms with E-state index in [1.807, 2.05) is 11.0 Å². The number of aromatic nitrogens is 1. The van der Waals surface area contributed by atoms with Crippen molar-refractivity contribution in [3.05, 3.63) is 12.1 Å². The maximum absolute atomic E-state index is 12.6. The summed E-state index contributed by atoms with van der Waals surface area (Å²) in [7, 11) is 0. The second-order valence-corrected chi connectivity index (χ2v) is 5.87. The second-order valence-electron chi connectivity index (χ2n) is 5.87. The lowest BCUT2D eigenvalue weighted by molar-refractivity contribution is -0.139. The fourth-order valence-electron chi connectivity index (χ4n) is 3.08. The lowest BCUT2D eigenvalue weighted by atomic mass is 9.96. The van der Waals surface area contributed by atoms with E-state index < -0.39 is 0 Å². The number of nitrogen functional groups attached to an aromatic ring is 2. The Hall–Kier alpha value is -2.02. The van der Waals surface area contributed by atoms with Crippen LogP contribution in [0.4, 0.5) is 17.3 Å². The van der Waals surface area contributed by atoms with Crippen LogP contribution >= 0.6 is 0 Å². The fraction of sp³-hybridized carbons (Fsp3) is 0.600. The normalized spacial score (nSPS) is 22.6. The highest BCUT2D eigenvalue weighted by atomic mass is 16.5. The maximum Gasteiger partial charge on any atom is 0.227 e. The molecule has 7 heteroatoms. The number of carbonyl (C=O) groups is 1. The van der Waals surface area contributed by atoms with Crippen LogP contribution in [0.3, 0.4) is 0 Å². The summed E-state index contributed by atoms with van der Waals surface area (Å²) in [6.45, 7) is 4.25. The molecule has 1 unspecified atom stereocenters. The van der Waals surface area contributed by atoms with E-state index in [-0.39, 0.29) is 11.8 Å². The average Bonchev–Trinajstić information content (AvgIpc) is 2.57. The average molecular weight is 305 g/mol. The summed E-state index contributed by atoms with van der Waals surface area (Å²) >= 11 is 0. The van der Waals surface area contributed by atoms with Gasteiger partial charge in [0.25, 0.3) is 0 Å². The minimum atomic E-state index is 0.0208. The predicted octanol–water partition coefficient (Wildman–Crippen LogP) is 0.321. The summed E-state index contributed by atoms with van der Waals surface area (Å²) in [4.78, 5) is 21.0. The first-order valence-corrected chi connectivity index (χ1v) is 7.78. The molecule has 1 aromatic rings. The van der Waals surface area contributed by atoms with Gasteiger partial charge >= 0.3 is 0 Å². The molecule has 0 aliphatic carbocycles. The summed E-state index contributed by atoms with van der Waals surface area (Å²) < 4.78 is 5.31. The van der Waals surface area contributed by atoms with Gasteiger partial charge in [-0.2, -0.15) is 0 Å². The van der Waals surface area contributed by atoms with Crippen LogP contribution < -0.4 is 16.4 Å². The second kappa shape index (κ2) is 6.39. The third-order valence-electron chi connectivity index (χ3n) is 4.36. The van der Waals surface area contributed by atoms with Gasteiger partial charge < -0.3 is 26.0 Å². The monoisotopic (exact) mass is 305 g/mol. The number of nitrogens with two attached hydrogens (primary N) is 2. The number of pyridine rings is 1. The Bertz CT molecular complexity index is 545. The van der Waals surface area contributed by atoms with Crippen molar-refractivity contribution in [2.75, 3.05) is 55.8 Å². The molecule has 2 fully saturated rings. The molecule has 4 N–H and O–H groups in total. The highest BCUT2D eigenvalue weighted by Crippen LogP contribution is 2.25. The Balaban J connectivity index is 1.68. The number of amides is 1. The topological polar surface area (TPSA) is 97.7 Å². The predicted molar refractivity (Wildman–Crippen MR) is 85.4 cm³/mol. The standard InChI is InChI=1S/C15H23N5O2/c16-12-3-4-13(18-14(12)17)20-5-1-2-11(10-20)15(21)19-6-8-22-9-7-19/h3-4,11H,1-2,5-10,16H2,(H2,17,18). The van der Waals surface area contributed by atoms with Crippen LogP contribution in [0.1, 0.15) is 12.8 Å². The summed E-state index contributed by atoms with van der Waals surface area (Å²) in [5.41, 5.74) is 12.0. The summed E-state index contributed by atoms with van der Waals surface area (Å²) in [5.74, 6) is 1.40. The van der Waals surface area contributed by atoms with Crippen molar-refractivity contribution in [2.24, 2.45) is 5.92 Å². The quantitative estimate of drug-likeness (QED) is 0.816. The molecule has 0 aromatic carbocycles. The first-order chi connectivity index (χ1) is 10.6. The number of ether oxygens (including phenoxy) is 1. The van der Waals surface area contributed by atoms with E-state index in [2.05, 4.69) is 9.88 Å². The Morgan fingerprint density at radius 1 is 1.23 bits per heavy atom. The van der Waals surface area contributed by atoms with Crippen LogP contribution in [0.15, 0.2) is 12.1 Å². The fourth-order valence-corrected chi connectivity index (χ4v) is 3.08. The Morgan fingerprint density at radius 3 is 2.73 bits per heavy atom. The van der Waals surface area contributed by atoms with E-state index >= 15 is 0 Å².